The second kappa shape index (κ2) is 4.97. The maximum atomic E-state index is 4.43. The molecule has 0 unspecified atom stereocenters. The topological polar surface area (TPSA) is 16.1 Å². The predicted octanol–water partition coefficient (Wildman–Crippen LogP) is 3.61. The Bertz CT molecular complexity index is 321. The number of hydrogen-bond acceptors (Lipinski definition) is 2. The van der Waals surface area contributed by atoms with Gasteiger partial charge in [0.15, 0.2) is 0 Å². The highest BCUT2D eigenvalue weighted by molar-refractivity contribution is 9.10. The van der Waals surface area contributed by atoms with Crippen molar-refractivity contribution >= 4 is 21.7 Å². The van der Waals surface area contributed by atoms with Crippen LogP contribution in [0.15, 0.2) is 22.8 Å². The van der Waals surface area contributed by atoms with Crippen LogP contribution in [0.1, 0.15) is 32.1 Å². The average Bonchev–Trinajstić information content (AvgIpc) is 2.30. The van der Waals surface area contributed by atoms with Gasteiger partial charge in [0, 0.05) is 19.3 Å². The third kappa shape index (κ3) is 2.51. The van der Waals surface area contributed by atoms with Crippen molar-refractivity contribution in [2.75, 3.05) is 11.9 Å². The molecule has 0 bridgehead atoms. The van der Waals surface area contributed by atoms with E-state index in [0.29, 0.717) is 6.04 Å². The maximum Gasteiger partial charge on any atom is 0.142 e. The highest BCUT2D eigenvalue weighted by Gasteiger charge is 2.20. The molecule has 3 heteroatoms. The van der Waals surface area contributed by atoms with Gasteiger partial charge in [0.1, 0.15) is 5.82 Å². The molecule has 1 aliphatic rings. The normalized spacial score (nSPS) is 17.7. The van der Waals surface area contributed by atoms with Crippen LogP contribution in [0.3, 0.4) is 0 Å². The lowest BCUT2D eigenvalue weighted by molar-refractivity contribution is 0.425. The molecule has 1 heterocycles. The lowest BCUT2D eigenvalue weighted by Gasteiger charge is -2.32. The average molecular weight is 269 g/mol. The molecule has 0 radical (unpaired) electrons. The van der Waals surface area contributed by atoms with Crippen molar-refractivity contribution < 1.29 is 0 Å². The van der Waals surface area contributed by atoms with Gasteiger partial charge in [-0.25, -0.2) is 4.98 Å². The quantitative estimate of drug-likeness (QED) is 0.815. The van der Waals surface area contributed by atoms with Crippen molar-refractivity contribution in [2.45, 2.75) is 38.1 Å². The molecule has 1 aliphatic carbocycles. The lowest BCUT2D eigenvalue weighted by atomic mass is 9.94. The first-order valence-corrected chi connectivity index (χ1v) is 6.41. The summed E-state index contributed by atoms with van der Waals surface area (Å²) in [6.07, 6.45) is 8.59. The van der Waals surface area contributed by atoms with E-state index in [2.05, 4.69) is 38.9 Å². The first kappa shape index (κ1) is 10.9. The van der Waals surface area contributed by atoms with Gasteiger partial charge < -0.3 is 4.90 Å². The molecule has 0 spiro atoms. The maximum absolute atomic E-state index is 4.43. The van der Waals surface area contributed by atoms with E-state index in [1.54, 1.807) is 0 Å². The fraction of sp³-hybridized carbons (Fsp3) is 0.583. The summed E-state index contributed by atoms with van der Waals surface area (Å²) in [4.78, 5) is 6.76. The predicted molar refractivity (Wildman–Crippen MR) is 67.2 cm³/mol. The molecule has 0 aliphatic heterocycles. The van der Waals surface area contributed by atoms with Gasteiger partial charge in [0.05, 0.1) is 4.47 Å². The summed E-state index contributed by atoms with van der Waals surface area (Å²) in [5.74, 6) is 1.07. The van der Waals surface area contributed by atoms with Gasteiger partial charge in [-0.3, -0.25) is 0 Å². The first-order chi connectivity index (χ1) is 7.29. The Balaban J connectivity index is 2.12. The SMILES string of the molecule is CN(c1ncccc1Br)C1CCCCC1. The Morgan fingerprint density at radius 1 is 1.33 bits per heavy atom. The Morgan fingerprint density at radius 3 is 2.73 bits per heavy atom. The second-order valence-corrected chi connectivity index (χ2v) is 5.07. The molecule has 1 saturated carbocycles. The van der Waals surface area contributed by atoms with Crippen LogP contribution in [-0.2, 0) is 0 Å². The van der Waals surface area contributed by atoms with Crippen molar-refractivity contribution in [3.8, 4) is 0 Å². The summed E-state index contributed by atoms with van der Waals surface area (Å²) >= 11 is 3.56. The fourth-order valence-corrected chi connectivity index (χ4v) is 2.81. The van der Waals surface area contributed by atoms with Gasteiger partial charge in [0.2, 0.25) is 0 Å². The van der Waals surface area contributed by atoms with Gasteiger partial charge in [-0.05, 0) is 40.9 Å². The molecule has 0 aromatic carbocycles. The van der Waals surface area contributed by atoms with E-state index in [4.69, 9.17) is 0 Å². The van der Waals surface area contributed by atoms with E-state index < -0.39 is 0 Å². The van der Waals surface area contributed by atoms with Crippen LogP contribution in [-0.4, -0.2) is 18.1 Å². The smallest absolute Gasteiger partial charge is 0.142 e. The molecule has 0 atom stereocenters. The zero-order valence-corrected chi connectivity index (χ0v) is 10.7. The number of anilines is 1. The van der Waals surface area contributed by atoms with Crippen LogP contribution in [0.25, 0.3) is 0 Å². The van der Waals surface area contributed by atoms with E-state index in [-0.39, 0.29) is 0 Å². The highest BCUT2D eigenvalue weighted by atomic mass is 79.9. The van der Waals surface area contributed by atoms with E-state index in [1.165, 1.54) is 32.1 Å². The number of nitrogens with zero attached hydrogens (tertiary/aromatic N) is 2. The Morgan fingerprint density at radius 2 is 2.07 bits per heavy atom. The number of rotatable bonds is 2. The van der Waals surface area contributed by atoms with Crippen molar-refractivity contribution in [3.63, 3.8) is 0 Å². The molecule has 2 nitrogen and oxygen atoms in total. The third-order valence-corrected chi connectivity index (χ3v) is 3.81. The molecule has 0 saturated heterocycles. The summed E-state index contributed by atoms with van der Waals surface area (Å²) in [7, 11) is 2.16. The van der Waals surface area contributed by atoms with E-state index >= 15 is 0 Å². The molecule has 15 heavy (non-hydrogen) atoms. The molecular formula is C12H17BrN2. The highest BCUT2D eigenvalue weighted by Crippen LogP contribution is 2.29. The number of aromatic nitrogens is 1. The third-order valence-electron chi connectivity index (χ3n) is 3.20. The zero-order chi connectivity index (χ0) is 10.7. The molecule has 2 rings (SSSR count). The van der Waals surface area contributed by atoms with Crippen molar-refractivity contribution in [1.29, 1.82) is 0 Å². The number of pyridine rings is 1. The minimum atomic E-state index is 0.671. The van der Waals surface area contributed by atoms with Gasteiger partial charge in [-0.15, -0.1) is 0 Å². The van der Waals surface area contributed by atoms with Gasteiger partial charge in [0.25, 0.3) is 0 Å². The minimum Gasteiger partial charge on any atom is -0.356 e. The zero-order valence-electron chi connectivity index (χ0n) is 9.12. The standard InChI is InChI=1S/C12H17BrN2/c1-15(10-6-3-2-4-7-10)12-11(13)8-5-9-14-12/h5,8-10H,2-4,6-7H2,1H3. The lowest BCUT2D eigenvalue weighted by Crippen LogP contribution is -2.34. The Labute approximate surface area is 99.8 Å². The van der Waals surface area contributed by atoms with Crippen LogP contribution in [0.5, 0.6) is 0 Å². The summed E-state index contributed by atoms with van der Waals surface area (Å²) in [5, 5.41) is 0. The van der Waals surface area contributed by atoms with Crippen LogP contribution >= 0.6 is 15.9 Å². The van der Waals surface area contributed by atoms with E-state index in [0.717, 1.165) is 10.3 Å². The first-order valence-electron chi connectivity index (χ1n) is 5.62. The summed E-state index contributed by atoms with van der Waals surface area (Å²) in [5.41, 5.74) is 0. The fourth-order valence-electron chi connectivity index (χ4n) is 2.28. The summed E-state index contributed by atoms with van der Waals surface area (Å²) in [6.45, 7) is 0. The molecule has 1 aromatic rings. The van der Waals surface area contributed by atoms with Gasteiger partial charge in [-0.2, -0.15) is 0 Å². The van der Waals surface area contributed by atoms with Crippen molar-refractivity contribution in [1.82, 2.24) is 4.98 Å². The van der Waals surface area contributed by atoms with Crippen LogP contribution in [0, 0.1) is 0 Å². The minimum absolute atomic E-state index is 0.671. The second-order valence-electron chi connectivity index (χ2n) is 4.21. The van der Waals surface area contributed by atoms with Gasteiger partial charge >= 0.3 is 0 Å². The molecule has 1 aromatic heterocycles. The molecule has 0 amide bonds. The molecular weight excluding hydrogens is 252 g/mol. The van der Waals surface area contributed by atoms with E-state index in [1.807, 2.05) is 12.3 Å². The van der Waals surface area contributed by atoms with Crippen molar-refractivity contribution in [2.24, 2.45) is 0 Å². The van der Waals surface area contributed by atoms with Gasteiger partial charge in [-0.1, -0.05) is 19.3 Å². The monoisotopic (exact) mass is 268 g/mol. The molecule has 82 valence electrons. The number of hydrogen-bond donors (Lipinski definition) is 0. The van der Waals surface area contributed by atoms with Crippen LogP contribution < -0.4 is 4.90 Å². The Kier molecular flexibility index (Phi) is 3.62. The Hall–Kier alpha value is -0.570. The summed E-state index contributed by atoms with van der Waals surface area (Å²) < 4.78 is 1.10. The van der Waals surface area contributed by atoms with Crippen molar-refractivity contribution in [3.05, 3.63) is 22.8 Å². The molecule has 0 N–H and O–H groups in total. The van der Waals surface area contributed by atoms with Crippen LogP contribution in [0.2, 0.25) is 0 Å². The molecule has 1 fully saturated rings. The summed E-state index contributed by atoms with van der Waals surface area (Å²) in [6, 6.07) is 4.69. The van der Waals surface area contributed by atoms with Crippen LogP contribution in [0.4, 0.5) is 5.82 Å². The number of halogens is 1. The largest absolute Gasteiger partial charge is 0.356 e. The van der Waals surface area contributed by atoms with E-state index in [9.17, 15) is 0 Å².